The average Bonchev–Trinajstić information content (AvgIpc) is 2.82. The van der Waals surface area contributed by atoms with Crippen LogP contribution in [-0.2, 0) is 20.7 Å². The minimum absolute atomic E-state index is 0.215. The minimum Gasteiger partial charge on any atom is -0.469 e. The first-order valence-corrected chi connectivity index (χ1v) is 5.99. The standard InChI is InChI=1S/C14H15NO4/c1-3-19-14(17)12-8-10-6-9(7-13(16)18-2)4-5-11(10)15-12/h4-6,8,15H,3,7H2,1-2H3. The van der Waals surface area contributed by atoms with Crippen LogP contribution in [0.3, 0.4) is 0 Å². The predicted octanol–water partition coefficient (Wildman–Crippen LogP) is 2.06. The van der Waals surface area contributed by atoms with E-state index in [1.165, 1.54) is 7.11 Å². The number of fused-ring (bicyclic) bond motifs is 1. The van der Waals surface area contributed by atoms with Gasteiger partial charge in [-0.2, -0.15) is 0 Å². The molecule has 5 heteroatoms. The molecule has 1 heterocycles. The Labute approximate surface area is 110 Å². The van der Waals surface area contributed by atoms with Gasteiger partial charge in [-0.15, -0.1) is 0 Å². The lowest BCUT2D eigenvalue weighted by molar-refractivity contribution is -0.139. The molecule has 19 heavy (non-hydrogen) atoms. The summed E-state index contributed by atoms with van der Waals surface area (Å²) < 4.78 is 9.55. The Morgan fingerprint density at radius 1 is 1.26 bits per heavy atom. The van der Waals surface area contributed by atoms with Gasteiger partial charge in [-0.05, 0) is 30.7 Å². The summed E-state index contributed by atoms with van der Waals surface area (Å²) in [6, 6.07) is 7.22. The van der Waals surface area contributed by atoms with Gasteiger partial charge >= 0.3 is 11.9 Å². The monoisotopic (exact) mass is 261 g/mol. The zero-order chi connectivity index (χ0) is 13.8. The first-order chi connectivity index (χ1) is 9.13. The van der Waals surface area contributed by atoms with Gasteiger partial charge in [-0.1, -0.05) is 6.07 Å². The van der Waals surface area contributed by atoms with Crippen LogP contribution in [0, 0.1) is 0 Å². The predicted molar refractivity (Wildman–Crippen MR) is 70.0 cm³/mol. The Hall–Kier alpha value is -2.30. The molecule has 0 bridgehead atoms. The van der Waals surface area contributed by atoms with Crippen LogP contribution in [0.4, 0.5) is 0 Å². The van der Waals surface area contributed by atoms with Crippen LogP contribution in [0.5, 0.6) is 0 Å². The molecule has 0 aliphatic carbocycles. The van der Waals surface area contributed by atoms with Crippen LogP contribution in [-0.4, -0.2) is 30.6 Å². The maximum Gasteiger partial charge on any atom is 0.354 e. The lowest BCUT2D eigenvalue weighted by Gasteiger charge is -1.99. The molecule has 0 fully saturated rings. The van der Waals surface area contributed by atoms with Crippen molar-refractivity contribution in [2.45, 2.75) is 13.3 Å². The molecule has 0 saturated heterocycles. The number of carbonyl (C=O) groups excluding carboxylic acids is 2. The molecule has 2 aromatic rings. The topological polar surface area (TPSA) is 68.4 Å². The first kappa shape index (κ1) is 13.1. The van der Waals surface area contributed by atoms with E-state index >= 15 is 0 Å². The highest BCUT2D eigenvalue weighted by molar-refractivity contribution is 5.95. The number of methoxy groups -OCH3 is 1. The first-order valence-electron chi connectivity index (χ1n) is 5.99. The van der Waals surface area contributed by atoms with E-state index in [-0.39, 0.29) is 18.4 Å². The van der Waals surface area contributed by atoms with Gasteiger partial charge in [0.05, 0.1) is 20.1 Å². The van der Waals surface area contributed by atoms with Crippen molar-refractivity contribution in [2.75, 3.05) is 13.7 Å². The van der Waals surface area contributed by atoms with Crippen LogP contribution < -0.4 is 0 Å². The van der Waals surface area contributed by atoms with Gasteiger partial charge in [-0.25, -0.2) is 4.79 Å². The van der Waals surface area contributed by atoms with E-state index < -0.39 is 0 Å². The van der Waals surface area contributed by atoms with Gasteiger partial charge in [0.15, 0.2) is 0 Å². The zero-order valence-corrected chi connectivity index (χ0v) is 10.9. The lowest BCUT2D eigenvalue weighted by atomic mass is 10.1. The molecule has 1 aromatic heterocycles. The summed E-state index contributed by atoms with van der Waals surface area (Å²) in [6.07, 6.45) is 0.215. The fourth-order valence-electron chi connectivity index (χ4n) is 1.85. The second-order valence-electron chi connectivity index (χ2n) is 4.08. The largest absolute Gasteiger partial charge is 0.469 e. The third kappa shape index (κ3) is 2.93. The molecule has 0 radical (unpaired) electrons. The smallest absolute Gasteiger partial charge is 0.354 e. The number of ether oxygens (including phenoxy) is 2. The quantitative estimate of drug-likeness (QED) is 0.855. The van der Waals surface area contributed by atoms with Crippen molar-refractivity contribution in [1.82, 2.24) is 4.98 Å². The van der Waals surface area contributed by atoms with E-state index in [4.69, 9.17) is 4.74 Å². The number of aromatic nitrogens is 1. The van der Waals surface area contributed by atoms with Crippen molar-refractivity contribution in [1.29, 1.82) is 0 Å². The van der Waals surface area contributed by atoms with Gasteiger partial charge in [0.25, 0.3) is 0 Å². The molecule has 0 unspecified atom stereocenters. The molecule has 0 aliphatic rings. The summed E-state index contributed by atoms with van der Waals surface area (Å²) in [4.78, 5) is 25.8. The Kier molecular flexibility index (Phi) is 3.85. The summed E-state index contributed by atoms with van der Waals surface area (Å²) in [5, 5.41) is 0.865. The molecule has 0 aliphatic heterocycles. The highest BCUT2D eigenvalue weighted by Gasteiger charge is 2.11. The molecule has 0 saturated carbocycles. The SMILES string of the molecule is CCOC(=O)c1cc2cc(CC(=O)OC)ccc2[nH]1. The molecule has 5 nitrogen and oxygen atoms in total. The van der Waals surface area contributed by atoms with Crippen molar-refractivity contribution in [3.63, 3.8) is 0 Å². The average molecular weight is 261 g/mol. The van der Waals surface area contributed by atoms with E-state index in [9.17, 15) is 9.59 Å². The zero-order valence-electron chi connectivity index (χ0n) is 10.9. The molecule has 0 atom stereocenters. The number of hydrogen-bond donors (Lipinski definition) is 1. The summed E-state index contributed by atoms with van der Waals surface area (Å²) in [7, 11) is 1.36. The number of carbonyl (C=O) groups is 2. The highest BCUT2D eigenvalue weighted by Crippen LogP contribution is 2.18. The Bertz CT molecular complexity index is 615. The molecule has 1 aromatic carbocycles. The van der Waals surface area contributed by atoms with E-state index in [0.29, 0.717) is 12.3 Å². The second kappa shape index (κ2) is 5.56. The van der Waals surface area contributed by atoms with Gasteiger partial charge in [0, 0.05) is 10.9 Å². The van der Waals surface area contributed by atoms with E-state index in [2.05, 4.69) is 9.72 Å². The fraction of sp³-hybridized carbons (Fsp3) is 0.286. The van der Waals surface area contributed by atoms with E-state index in [0.717, 1.165) is 16.5 Å². The maximum atomic E-state index is 11.6. The fourth-order valence-corrected chi connectivity index (χ4v) is 1.85. The minimum atomic E-state index is -0.381. The van der Waals surface area contributed by atoms with Crippen LogP contribution in [0.15, 0.2) is 24.3 Å². The van der Waals surface area contributed by atoms with E-state index in [1.807, 2.05) is 18.2 Å². The van der Waals surface area contributed by atoms with Crippen LogP contribution >= 0.6 is 0 Å². The van der Waals surface area contributed by atoms with Crippen molar-refractivity contribution in [2.24, 2.45) is 0 Å². The molecule has 0 spiro atoms. The van der Waals surface area contributed by atoms with Crippen molar-refractivity contribution in [3.05, 3.63) is 35.5 Å². The normalized spacial score (nSPS) is 10.4. The number of esters is 2. The van der Waals surface area contributed by atoms with Crippen molar-refractivity contribution >= 4 is 22.8 Å². The van der Waals surface area contributed by atoms with Gasteiger partial charge < -0.3 is 14.5 Å². The summed E-state index contributed by atoms with van der Waals surface area (Å²) >= 11 is 0. The van der Waals surface area contributed by atoms with Crippen LogP contribution in [0.1, 0.15) is 23.0 Å². The number of H-pyrrole nitrogens is 1. The van der Waals surface area contributed by atoms with Gasteiger partial charge in [0.2, 0.25) is 0 Å². The third-order valence-corrected chi connectivity index (χ3v) is 2.76. The highest BCUT2D eigenvalue weighted by atomic mass is 16.5. The van der Waals surface area contributed by atoms with E-state index in [1.54, 1.807) is 13.0 Å². The van der Waals surface area contributed by atoms with Crippen LogP contribution in [0.25, 0.3) is 10.9 Å². The number of rotatable bonds is 4. The second-order valence-corrected chi connectivity index (χ2v) is 4.08. The molecule has 100 valence electrons. The van der Waals surface area contributed by atoms with Gasteiger partial charge in [0.1, 0.15) is 5.69 Å². The van der Waals surface area contributed by atoms with Gasteiger partial charge in [-0.3, -0.25) is 4.79 Å². The summed E-state index contributed by atoms with van der Waals surface area (Å²) in [5.41, 5.74) is 2.08. The molecule has 2 rings (SSSR count). The molecular weight excluding hydrogens is 246 g/mol. The summed E-state index contributed by atoms with van der Waals surface area (Å²) in [6.45, 7) is 2.09. The Morgan fingerprint density at radius 2 is 2.05 bits per heavy atom. The van der Waals surface area contributed by atoms with Crippen molar-refractivity contribution in [3.8, 4) is 0 Å². The van der Waals surface area contributed by atoms with Crippen molar-refractivity contribution < 1.29 is 19.1 Å². The van der Waals surface area contributed by atoms with Crippen LogP contribution in [0.2, 0.25) is 0 Å². The number of benzene rings is 1. The molecule has 1 N–H and O–H groups in total. The Balaban J connectivity index is 2.28. The number of nitrogens with one attached hydrogen (secondary N) is 1. The maximum absolute atomic E-state index is 11.6. The summed E-state index contributed by atoms with van der Waals surface area (Å²) in [5.74, 6) is -0.672. The lowest BCUT2D eigenvalue weighted by Crippen LogP contribution is -2.04. The number of hydrogen-bond acceptors (Lipinski definition) is 4. The molecule has 0 amide bonds. The Morgan fingerprint density at radius 3 is 2.74 bits per heavy atom. The third-order valence-electron chi connectivity index (χ3n) is 2.76. The number of aromatic amines is 1. The molecular formula is C14H15NO4.